The van der Waals surface area contributed by atoms with Gasteiger partial charge in [0.2, 0.25) is 5.91 Å². The van der Waals surface area contributed by atoms with Crippen molar-refractivity contribution in [3.05, 3.63) is 30.0 Å². The molecule has 2 saturated heterocycles. The number of pyridine rings is 2. The lowest BCUT2D eigenvalue weighted by Crippen LogP contribution is -2.36. The zero-order valence-electron chi connectivity index (χ0n) is 12.0. The van der Waals surface area contributed by atoms with E-state index in [2.05, 4.69) is 9.97 Å². The Hall–Kier alpha value is -1.31. The van der Waals surface area contributed by atoms with Gasteiger partial charge < -0.3 is 5.11 Å². The molecule has 2 aromatic heterocycles. The third-order valence-corrected chi connectivity index (χ3v) is 7.15. The van der Waals surface area contributed by atoms with E-state index in [1.807, 2.05) is 19.1 Å². The number of carbonyl (C=O) groups is 1. The summed E-state index contributed by atoms with van der Waals surface area (Å²) in [5.74, 6) is 2.35. The van der Waals surface area contributed by atoms with Gasteiger partial charge in [0.1, 0.15) is 17.3 Å². The maximum atomic E-state index is 12.6. The number of rotatable bonds is 1. The summed E-state index contributed by atoms with van der Waals surface area (Å²) in [7, 11) is 0. The lowest BCUT2D eigenvalue weighted by Gasteiger charge is -2.24. The maximum absolute atomic E-state index is 12.6. The number of nitrogens with zero attached hydrogens (tertiary/aromatic N) is 3. The van der Waals surface area contributed by atoms with Crippen molar-refractivity contribution in [1.29, 1.82) is 0 Å². The topological polar surface area (TPSA) is 66.3 Å². The Morgan fingerprint density at radius 2 is 2.09 bits per heavy atom. The molecular weight excluding hydrogens is 318 g/mol. The summed E-state index contributed by atoms with van der Waals surface area (Å²) in [6, 6.07) is 5.65. The molecule has 22 heavy (non-hydrogen) atoms. The summed E-state index contributed by atoms with van der Waals surface area (Å²) in [6.45, 7) is 2.00. The molecule has 3 atom stereocenters. The van der Waals surface area contributed by atoms with Crippen molar-refractivity contribution in [2.75, 3.05) is 16.4 Å². The SMILES string of the molecule is Cc1ccnc2nc(N3C(=O)C4SCCSC4C3O)ccc12. The van der Waals surface area contributed by atoms with E-state index < -0.39 is 6.23 Å². The van der Waals surface area contributed by atoms with Crippen molar-refractivity contribution in [1.82, 2.24) is 9.97 Å². The number of aliphatic hydroxyl groups is 1. The average Bonchev–Trinajstić information content (AvgIpc) is 2.79. The summed E-state index contributed by atoms with van der Waals surface area (Å²) in [5.41, 5.74) is 1.70. The monoisotopic (exact) mass is 333 g/mol. The smallest absolute Gasteiger partial charge is 0.244 e. The highest BCUT2D eigenvalue weighted by molar-refractivity contribution is 8.07. The molecule has 2 aromatic rings. The average molecular weight is 333 g/mol. The van der Waals surface area contributed by atoms with Gasteiger partial charge in [0.05, 0.1) is 5.25 Å². The van der Waals surface area contributed by atoms with E-state index in [9.17, 15) is 9.90 Å². The van der Waals surface area contributed by atoms with Crippen LogP contribution in [0.3, 0.4) is 0 Å². The minimum Gasteiger partial charge on any atom is -0.372 e. The Morgan fingerprint density at radius 1 is 1.27 bits per heavy atom. The number of amides is 1. The Morgan fingerprint density at radius 3 is 2.91 bits per heavy atom. The van der Waals surface area contributed by atoms with Gasteiger partial charge in [-0.25, -0.2) is 9.97 Å². The van der Waals surface area contributed by atoms with Gasteiger partial charge in [0.15, 0.2) is 5.65 Å². The van der Waals surface area contributed by atoms with Gasteiger partial charge in [-0.15, -0.1) is 11.8 Å². The normalized spacial score (nSPS) is 28.2. The van der Waals surface area contributed by atoms with Crippen LogP contribution in [0.4, 0.5) is 5.82 Å². The molecule has 4 rings (SSSR count). The molecule has 4 heterocycles. The van der Waals surface area contributed by atoms with Crippen molar-refractivity contribution in [2.45, 2.75) is 23.7 Å². The lowest BCUT2D eigenvalue weighted by atomic mass is 10.2. The minimum absolute atomic E-state index is 0.0470. The van der Waals surface area contributed by atoms with Crippen LogP contribution >= 0.6 is 23.5 Å². The molecule has 1 amide bonds. The first-order valence-electron chi connectivity index (χ1n) is 7.13. The molecule has 2 fully saturated rings. The van der Waals surface area contributed by atoms with E-state index in [1.165, 1.54) is 4.90 Å². The van der Waals surface area contributed by atoms with E-state index in [-0.39, 0.29) is 16.4 Å². The molecule has 7 heteroatoms. The lowest BCUT2D eigenvalue weighted by molar-refractivity contribution is -0.117. The second-order valence-electron chi connectivity index (χ2n) is 5.42. The van der Waals surface area contributed by atoms with Gasteiger partial charge in [-0.05, 0) is 30.7 Å². The van der Waals surface area contributed by atoms with Crippen molar-refractivity contribution in [2.24, 2.45) is 0 Å². The number of aliphatic hydroxyl groups excluding tert-OH is 1. The van der Waals surface area contributed by atoms with Crippen molar-refractivity contribution in [3.63, 3.8) is 0 Å². The first kappa shape index (κ1) is 14.3. The predicted octanol–water partition coefficient (Wildman–Crippen LogP) is 1.82. The predicted molar refractivity (Wildman–Crippen MR) is 90.3 cm³/mol. The first-order valence-corrected chi connectivity index (χ1v) is 9.23. The second-order valence-corrected chi connectivity index (χ2v) is 7.95. The van der Waals surface area contributed by atoms with Crippen LogP contribution in [0.1, 0.15) is 5.56 Å². The van der Waals surface area contributed by atoms with Crippen LogP contribution in [0.2, 0.25) is 0 Å². The fourth-order valence-electron chi connectivity index (χ4n) is 2.95. The largest absolute Gasteiger partial charge is 0.372 e. The molecule has 1 N–H and O–H groups in total. The number of hydrogen-bond acceptors (Lipinski definition) is 6. The Labute approximate surface area is 136 Å². The molecule has 3 unspecified atom stereocenters. The van der Waals surface area contributed by atoms with Crippen LogP contribution in [-0.4, -0.2) is 49.2 Å². The van der Waals surface area contributed by atoms with Crippen LogP contribution in [-0.2, 0) is 4.79 Å². The van der Waals surface area contributed by atoms with Gasteiger partial charge in [-0.3, -0.25) is 9.69 Å². The second kappa shape index (κ2) is 5.40. The van der Waals surface area contributed by atoms with E-state index in [0.717, 1.165) is 22.5 Å². The Bertz CT molecular complexity index is 755. The van der Waals surface area contributed by atoms with Crippen LogP contribution in [0.15, 0.2) is 24.4 Å². The molecule has 114 valence electrons. The highest BCUT2D eigenvalue weighted by Crippen LogP contribution is 2.41. The minimum atomic E-state index is -0.815. The fraction of sp³-hybridized carbons (Fsp3) is 0.400. The third kappa shape index (κ3) is 2.11. The highest BCUT2D eigenvalue weighted by Gasteiger charge is 2.50. The van der Waals surface area contributed by atoms with Crippen LogP contribution in [0, 0.1) is 6.92 Å². The van der Waals surface area contributed by atoms with E-state index in [0.29, 0.717) is 11.5 Å². The number of anilines is 1. The van der Waals surface area contributed by atoms with Gasteiger partial charge in [0, 0.05) is 23.1 Å². The summed E-state index contributed by atoms with van der Waals surface area (Å²) in [6.07, 6.45) is 0.896. The summed E-state index contributed by atoms with van der Waals surface area (Å²) in [4.78, 5) is 22.8. The van der Waals surface area contributed by atoms with E-state index in [1.54, 1.807) is 35.8 Å². The number of thioether (sulfide) groups is 2. The summed E-state index contributed by atoms with van der Waals surface area (Å²) in [5, 5.41) is 11.3. The number of aromatic nitrogens is 2. The number of hydrogen-bond donors (Lipinski definition) is 1. The number of carbonyl (C=O) groups excluding carboxylic acids is 1. The Balaban J connectivity index is 1.76. The molecular formula is C15H15N3O2S2. The van der Waals surface area contributed by atoms with Gasteiger partial charge in [0.25, 0.3) is 0 Å². The molecule has 0 aromatic carbocycles. The maximum Gasteiger partial charge on any atom is 0.244 e. The number of fused-ring (bicyclic) bond motifs is 2. The third-order valence-electron chi connectivity index (χ3n) is 4.08. The van der Waals surface area contributed by atoms with Crippen molar-refractivity contribution >= 4 is 46.3 Å². The highest BCUT2D eigenvalue weighted by atomic mass is 32.2. The zero-order chi connectivity index (χ0) is 15.3. The van der Waals surface area contributed by atoms with E-state index in [4.69, 9.17) is 0 Å². The molecule has 2 aliphatic heterocycles. The molecule has 0 bridgehead atoms. The summed E-state index contributed by atoms with van der Waals surface area (Å²) >= 11 is 3.31. The molecule has 0 radical (unpaired) electrons. The van der Waals surface area contributed by atoms with Crippen LogP contribution in [0.5, 0.6) is 0 Å². The zero-order valence-corrected chi connectivity index (χ0v) is 13.6. The van der Waals surface area contributed by atoms with E-state index >= 15 is 0 Å². The van der Waals surface area contributed by atoms with Gasteiger partial charge in [-0.1, -0.05) is 0 Å². The quantitative estimate of drug-likeness (QED) is 0.859. The molecule has 0 saturated carbocycles. The molecule has 0 aliphatic carbocycles. The molecule has 5 nitrogen and oxygen atoms in total. The fourth-order valence-corrected chi connectivity index (χ4v) is 5.89. The van der Waals surface area contributed by atoms with Crippen LogP contribution < -0.4 is 4.90 Å². The van der Waals surface area contributed by atoms with Crippen molar-refractivity contribution < 1.29 is 9.90 Å². The molecule has 0 spiro atoms. The van der Waals surface area contributed by atoms with Crippen LogP contribution in [0.25, 0.3) is 11.0 Å². The first-order chi connectivity index (χ1) is 10.7. The molecule has 2 aliphatic rings. The summed E-state index contributed by atoms with van der Waals surface area (Å²) < 4.78 is 0. The van der Waals surface area contributed by atoms with Gasteiger partial charge >= 0.3 is 0 Å². The standard InChI is InChI=1S/C15H15N3O2S2/c1-8-4-5-16-13-9(8)2-3-10(17-13)18-14(19)11-12(15(18)20)22-7-6-21-11/h2-5,11-12,14,19H,6-7H2,1H3. The number of aryl methyl sites for hydroxylation is 1. The Kier molecular flexibility index (Phi) is 3.51. The van der Waals surface area contributed by atoms with Gasteiger partial charge in [-0.2, -0.15) is 11.8 Å². The van der Waals surface area contributed by atoms with Crippen molar-refractivity contribution in [3.8, 4) is 0 Å².